The largest absolute Gasteiger partial charge is 0.510 e. The molecule has 0 bridgehead atoms. The Labute approximate surface area is 258 Å². The second-order valence-corrected chi connectivity index (χ2v) is 12.3. The average Bonchev–Trinajstić information content (AvgIpc) is 3.45. The third-order valence-electron chi connectivity index (χ3n) is 8.69. The summed E-state index contributed by atoms with van der Waals surface area (Å²) in [5.41, 5.74) is 2.81. The van der Waals surface area contributed by atoms with Crippen LogP contribution in [0.4, 0.5) is 16.5 Å². The van der Waals surface area contributed by atoms with Crippen molar-refractivity contribution in [3.8, 4) is 17.0 Å². The standard InChI is InChI=1S/C30H27N5O9S/c1-34(2)22-16-10-14-8-13-6-7-17(32-29-33-18(11-45-29)12-4-3-5-15(9-12)35(43)44)23(36)19(13)24(37)20(14)26(39)30(16,42)27(40)21(25(22)38)28(31)41/h3-7,9,11,14,16,22,36,38-39,42H,8,10H2,1-2H3,(H2,31,41)(H,32,33). The zero-order valence-electron chi connectivity index (χ0n) is 23.8. The molecule has 0 saturated carbocycles. The number of phenols is 1. The van der Waals surface area contributed by atoms with Gasteiger partial charge in [-0.05, 0) is 44.5 Å². The number of nitro groups is 1. The van der Waals surface area contributed by atoms with Crippen LogP contribution in [-0.4, -0.2) is 78.4 Å². The molecule has 1 aromatic heterocycles. The number of thiazole rings is 1. The number of hydrogen-bond donors (Lipinski definition) is 6. The Morgan fingerprint density at radius 1 is 1.20 bits per heavy atom. The molecule has 14 nitrogen and oxygen atoms in total. The Hall–Kier alpha value is -5.12. The predicted octanol–water partition coefficient (Wildman–Crippen LogP) is 2.90. The molecule has 15 heteroatoms. The van der Waals surface area contributed by atoms with Gasteiger partial charge in [-0.15, -0.1) is 11.3 Å². The monoisotopic (exact) mass is 633 g/mol. The highest BCUT2D eigenvalue weighted by molar-refractivity contribution is 7.14. The van der Waals surface area contributed by atoms with Crippen molar-refractivity contribution in [2.75, 3.05) is 19.4 Å². The van der Waals surface area contributed by atoms with Crippen LogP contribution >= 0.6 is 11.3 Å². The molecule has 2 aromatic carbocycles. The molecule has 1 heterocycles. The number of aromatic hydroxyl groups is 1. The minimum absolute atomic E-state index is 0.00787. The second-order valence-electron chi connectivity index (χ2n) is 11.4. The van der Waals surface area contributed by atoms with Gasteiger partial charge < -0.3 is 31.5 Å². The van der Waals surface area contributed by atoms with Crippen molar-refractivity contribution >= 4 is 45.3 Å². The Morgan fingerprint density at radius 2 is 1.93 bits per heavy atom. The van der Waals surface area contributed by atoms with Crippen molar-refractivity contribution in [2.24, 2.45) is 17.6 Å². The van der Waals surface area contributed by atoms with E-state index in [1.54, 1.807) is 37.7 Å². The number of aliphatic hydroxyl groups is 3. The van der Waals surface area contributed by atoms with Gasteiger partial charge in [-0.3, -0.25) is 29.4 Å². The lowest BCUT2D eigenvalue weighted by Crippen LogP contribution is -2.63. The number of Topliss-reactive ketones (excluding diaryl/α,β-unsaturated/α-hetero) is 2. The quantitative estimate of drug-likeness (QED) is 0.0996. The molecule has 45 heavy (non-hydrogen) atoms. The number of fused-ring (bicyclic) bond motifs is 3. The summed E-state index contributed by atoms with van der Waals surface area (Å²) in [6, 6.07) is 8.08. The molecule has 3 aliphatic rings. The van der Waals surface area contributed by atoms with Crippen LogP contribution in [0.3, 0.4) is 0 Å². The number of rotatable bonds is 6. The first-order valence-electron chi connectivity index (χ1n) is 13.7. The van der Waals surface area contributed by atoms with Gasteiger partial charge in [0.2, 0.25) is 5.78 Å². The highest BCUT2D eigenvalue weighted by Gasteiger charge is 2.63. The Kier molecular flexibility index (Phi) is 6.99. The van der Waals surface area contributed by atoms with Crippen molar-refractivity contribution in [2.45, 2.75) is 24.5 Å². The van der Waals surface area contributed by atoms with Gasteiger partial charge >= 0.3 is 0 Å². The number of benzene rings is 2. The zero-order chi connectivity index (χ0) is 32.5. The van der Waals surface area contributed by atoms with E-state index >= 15 is 0 Å². The lowest BCUT2D eigenvalue weighted by Gasteiger charge is -2.50. The van der Waals surface area contributed by atoms with E-state index in [0.29, 0.717) is 22.0 Å². The van der Waals surface area contributed by atoms with E-state index in [1.807, 2.05) is 0 Å². The number of carbonyl (C=O) groups is 3. The number of amides is 1. The number of likely N-dealkylation sites (N-methyl/N-ethyl adjacent to an activating group) is 1. The van der Waals surface area contributed by atoms with Gasteiger partial charge in [0, 0.05) is 34.6 Å². The molecule has 1 amide bonds. The number of nitrogens with zero attached hydrogens (tertiary/aromatic N) is 3. The molecule has 0 spiro atoms. The van der Waals surface area contributed by atoms with Gasteiger partial charge in [0.25, 0.3) is 11.6 Å². The molecule has 6 rings (SSSR count). The topological polar surface area (TPSA) is 229 Å². The summed E-state index contributed by atoms with van der Waals surface area (Å²) in [6.07, 6.45) is 0.155. The number of carbonyl (C=O) groups excluding carboxylic acids is 3. The molecule has 4 atom stereocenters. The fraction of sp³-hybridized carbons (Fsp3) is 0.267. The molecule has 3 aliphatic carbocycles. The number of nitro benzene ring substituents is 1. The first kappa shape index (κ1) is 29.9. The van der Waals surface area contributed by atoms with Gasteiger partial charge in [-0.25, -0.2) is 4.98 Å². The predicted molar refractivity (Wildman–Crippen MR) is 161 cm³/mol. The summed E-state index contributed by atoms with van der Waals surface area (Å²) in [5, 5.41) is 61.4. The lowest BCUT2D eigenvalue weighted by molar-refractivity contribution is -0.384. The van der Waals surface area contributed by atoms with Gasteiger partial charge in [-0.1, -0.05) is 18.2 Å². The fourth-order valence-corrected chi connectivity index (χ4v) is 7.42. The third-order valence-corrected chi connectivity index (χ3v) is 9.45. The Morgan fingerprint density at radius 3 is 2.60 bits per heavy atom. The van der Waals surface area contributed by atoms with Gasteiger partial charge in [0.1, 0.15) is 17.1 Å². The number of non-ortho nitro benzene ring substituents is 1. The number of aliphatic hydroxyl groups excluding tert-OH is 2. The van der Waals surface area contributed by atoms with Crippen LogP contribution in [0.25, 0.3) is 11.3 Å². The number of phenolic OH excluding ortho intramolecular Hbond substituents is 1. The van der Waals surface area contributed by atoms with Crippen molar-refractivity contribution in [3.05, 3.63) is 85.7 Å². The van der Waals surface area contributed by atoms with Crippen molar-refractivity contribution in [3.63, 3.8) is 0 Å². The second kappa shape index (κ2) is 10.5. The van der Waals surface area contributed by atoms with Crippen molar-refractivity contribution in [1.29, 1.82) is 0 Å². The number of hydrogen-bond acceptors (Lipinski definition) is 13. The molecule has 0 aliphatic heterocycles. The van der Waals surface area contributed by atoms with Crippen LogP contribution in [0.15, 0.2) is 64.4 Å². The van der Waals surface area contributed by atoms with Crippen molar-refractivity contribution < 1.29 is 39.7 Å². The first-order chi connectivity index (χ1) is 21.2. The maximum absolute atomic E-state index is 13.9. The Balaban J connectivity index is 1.37. The van der Waals surface area contributed by atoms with E-state index in [9.17, 15) is 44.9 Å². The number of anilines is 2. The number of nitrogens with one attached hydrogen (secondary N) is 1. The van der Waals surface area contributed by atoms with Crippen LogP contribution < -0.4 is 11.1 Å². The van der Waals surface area contributed by atoms with E-state index in [4.69, 9.17) is 5.73 Å². The van der Waals surface area contributed by atoms with E-state index in [2.05, 4.69) is 10.3 Å². The van der Waals surface area contributed by atoms with Crippen molar-refractivity contribution in [1.82, 2.24) is 9.88 Å². The minimum Gasteiger partial charge on any atom is -0.510 e. The Bertz CT molecular complexity index is 1900. The van der Waals surface area contributed by atoms with Crippen LogP contribution in [0.5, 0.6) is 5.75 Å². The number of allylic oxidation sites excluding steroid dienone is 1. The highest BCUT2D eigenvalue weighted by atomic mass is 32.1. The maximum atomic E-state index is 13.9. The smallest absolute Gasteiger partial charge is 0.270 e. The normalized spacial score (nSPS) is 24.3. The molecule has 7 N–H and O–H groups in total. The summed E-state index contributed by atoms with van der Waals surface area (Å²) in [4.78, 5) is 56.1. The summed E-state index contributed by atoms with van der Waals surface area (Å²) in [6.45, 7) is 0. The molecule has 0 radical (unpaired) electrons. The summed E-state index contributed by atoms with van der Waals surface area (Å²) >= 11 is 1.16. The minimum atomic E-state index is -2.72. The SMILES string of the molecule is CN(C)C1C(O)=C(C(N)=O)C(=O)C2(O)C(O)=C3C(=O)c4c(ccc(Nc5nc(-c6cccc([N+](=O)[O-])c6)cs5)c4O)CC3CC12. The number of nitrogens with two attached hydrogens (primary N) is 1. The first-order valence-corrected chi connectivity index (χ1v) is 14.6. The molecule has 232 valence electrons. The van der Waals surface area contributed by atoms with Crippen LogP contribution in [-0.2, 0) is 16.0 Å². The van der Waals surface area contributed by atoms with Crippen LogP contribution in [0, 0.1) is 22.0 Å². The van der Waals surface area contributed by atoms with Crippen LogP contribution in [0.2, 0.25) is 0 Å². The summed E-state index contributed by atoms with van der Waals surface area (Å²) < 4.78 is 0. The van der Waals surface area contributed by atoms with E-state index in [0.717, 1.165) is 11.3 Å². The number of aromatic nitrogens is 1. The van der Waals surface area contributed by atoms with Gasteiger partial charge in [0.05, 0.1) is 27.9 Å². The van der Waals surface area contributed by atoms with Gasteiger partial charge in [-0.2, -0.15) is 0 Å². The average molecular weight is 634 g/mol. The summed E-state index contributed by atoms with van der Waals surface area (Å²) in [5.74, 6) is -7.21. The highest BCUT2D eigenvalue weighted by Crippen LogP contribution is 2.52. The zero-order valence-corrected chi connectivity index (χ0v) is 24.7. The number of primary amides is 1. The number of ketones is 2. The molecule has 4 unspecified atom stereocenters. The fourth-order valence-electron chi connectivity index (χ4n) is 6.68. The molecule has 0 saturated heterocycles. The molecule has 3 aromatic rings. The lowest BCUT2D eigenvalue weighted by atomic mass is 9.58. The van der Waals surface area contributed by atoms with E-state index in [-0.39, 0.29) is 35.4 Å². The summed E-state index contributed by atoms with van der Waals surface area (Å²) in [7, 11) is 3.13. The molecular formula is C30H27N5O9S. The molecule has 0 fully saturated rings. The van der Waals surface area contributed by atoms with E-state index in [1.165, 1.54) is 23.1 Å². The van der Waals surface area contributed by atoms with E-state index < -0.39 is 68.7 Å². The molecular weight excluding hydrogens is 606 g/mol. The third kappa shape index (κ3) is 4.46. The van der Waals surface area contributed by atoms with Gasteiger partial charge in [0.15, 0.2) is 22.3 Å². The maximum Gasteiger partial charge on any atom is 0.270 e. The van der Waals surface area contributed by atoms with Crippen LogP contribution in [0.1, 0.15) is 22.3 Å².